The van der Waals surface area contributed by atoms with Gasteiger partial charge in [-0.2, -0.15) is 0 Å². The summed E-state index contributed by atoms with van der Waals surface area (Å²) < 4.78 is 22.4. The van der Waals surface area contributed by atoms with Gasteiger partial charge in [0, 0.05) is 17.9 Å². The summed E-state index contributed by atoms with van der Waals surface area (Å²) in [5, 5.41) is 69.5. The molecule has 7 N–H and O–H groups in total. The number of carbonyl (C=O) groups is 2. The predicted molar refractivity (Wildman–Crippen MR) is 125 cm³/mol. The average molecular weight is 539 g/mol. The molecule has 0 aromatic heterocycles. The maximum Gasteiger partial charge on any atom is 0.334 e. The Morgan fingerprint density at radius 3 is 2.50 bits per heavy atom. The Balaban J connectivity index is 1.54. The van der Waals surface area contributed by atoms with Gasteiger partial charge >= 0.3 is 11.9 Å². The van der Waals surface area contributed by atoms with Crippen molar-refractivity contribution in [3.8, 4) is 11.5 Å². The molecule has 1 aliphatic carbocycles. The van der Waals surface area contributed by atoms with Crippen LogP contribution < -0.4 is 0 Å². The summed E-state index contributed by atoms with van der Waals surface area (Å²) in [6.07, 6.45) is -6.37. The summed E-state index contributed by atoms with van der Waals surface area (Å²) in [4.78, 5) is 24.2. The average Bonchev–Trinajstić information content (AvgIpc) is 3.18. The minimum absolute atomic E-state index is 0.0279. The molecule has 0 amide bonds. The number of fused-ring (bicyclic) bond motifs is 1. The summed E-state index contributed by atoms with van der Waals surface area (Å²) in [5.74, 6) is -4.59. The second-order valence-electron chi connectivity index (χ2n) is 9.55. The van der Waals surface area contributed by atoms with Gasteiger partial charge < -0.3 is 54.7 Å². The molecular weight excluding hydrogens is 508 g/mol. The van der Waals surface area contributed by atoms with Crippen molar-refractivity contribution in [2.45, 2.75) is 56.4 Å². The first-order valence-corrected chi connectivity index (χ1v) is 12.0. The third kappa shape index (κ3) is 5.48. The van der Waals surface area contributed by atoms with E-state index in [-0.39, 0.29) is 17.7 Å². The Morgan fingerprint density at radius 2 is 1.84 bits per heavy atom. The van der Waals surface area contributed by atoms with Crippen LogP contribution in [0.3, 0.4) is 0 Å². The largest absolute Gasteiger partial charge is 0.504 e. The highest BCUT2D eigenvalue weighted by Crippen LogP contribution is 2.47. The zero-order valence-corrected chi connectivity index (χ0v) is 20.2. The number of aliphatic carboxylic acids is 1. The van der Waals surface area contributed by atoms with E-state index in [0.717, 1.165) is 12.3 Å². The molecule has 0 unspecified atom stereocenters. The van der Waals surface area contributed by atoms with Gasteiger partial charge in [0.1, 0.15) is 18.3 Å². The van der Waals surface area contributed by atoms with E-state index >= 15 is 0 Å². The normalized spacial score (nSPS) is 36.8. The Bertz CT molecular complexity index is 1100. The smallest absolute Gasteiger partial charge is 0.334 e. The maximum atomic E-state index is 12.6. The highest BCUT2D eigenvalue weighted by Gasteiger charge is 2.54. The minimum Gasteiger partial charge on any atom is -0.504 e. The Hall–Kier alpha value is -3.20. The number of hydrogen-bond donors (Lipinski definition) is 7. The third-order valence-corrected chi connectivity index (χ3v) is 7.22. The molecule has 1 aromatic carbocycles. The van der Waals surface area contributed by atoms with Gasteiger partial charge in [0.2, 0.25) is 12.6 Å². The van der Waals surface area contributed by atoms with E-state index in [1.165, 1.54) is 24.3 Å². The van der Waals surface area contributed by atoms with Crippen LogP contribution in [-0.2, 0) is 28.5 Å². The molecule has 1 aromatic rings. The van der Waals surface area contributed by atoms with Crippen molar-refractivity contribution in [2.24, 2.45) is 17.8 Å². The SMILES string of the molecule is C[C@@H]1[C@H]2[C@H](O[C@@H]3O[C@H](CO)[C@@H](O)[C@H](O)[C@H]3OC(=O)/C=C/c3ccc(O)c(O)c3)OC=C(C(=O)O)[C@H]2C[C@@H]1O. The third-order valence-electron chi connectivity index (χ3n) is 7.22. The molecule has 4 rings (SSSR count). The van der Waals surface area contributed by atoms with Gasteiger partial charge in [-0.15, -0.1) is 0 Å². The van der Waals surface area contributed by atoms with Gasteiger partial charge in [-0.25, -0.2) is 9.59 Å². The van der Waals surface area contributed by atoms with Crippen molar-refractivity contribution in [3.05, 3.63) is 41.7 Å². The number of aliphatic hydroxyl groups excluding tert-OH is 4. The minimum atomic E-state index is -1.74. The molecule has 38 heavy (non-hydrogen) atoms. The lowest BCUT2D eigenvalue weighted by Crippen LogP contribution is -2.61. The van der Waals surface area contributed by atoms with Crippen LogP contribution in [0.5, 0.6) is 11.5 Å². The van der Waals surface area contributed by atoms with Crippen molar-refractivity contribution in [3.63, 3.8) is 0 Å². The van der Waals surface area contributed by atoms with Crippen LogP contribution in [-0.4, -0.2) is 97.4 Å². The number of rotatable bonds is 7. The van der Waals surface area contributed by atoms with E-state index in [1.54, 1.807) is 6.92 Å². The Labute approximate surface area is 216 Å². The predicted octanol–water partition coefficient (Wildman–Crippen LogP) is -0.564. The Kier molecular flexibility index (Phi) is 8.25. The first kappa shape index (κ1) is 27.8. The number of carboxylic acid groups (broad SMARTS) is 1. The van der Waals surface area contributed by atoms with Crippen LogP contribution in [0, 0.1) is 17.8 Å². The number of phenolic OH excluding ortho intramolecular Hbond substituents is 2. The number of esters is 1. The van der Waals surface area contributed by atoms with E-state index in [4.69, 9.17) is 18.9 Å². The molecule has 13 nitrogen and oxygen atoms in total. The fraction of sp³-hybridized carbons (Fsp3) is 0.520. The fourth-order valence-electron chi connectivity index (χ4n) is 5.08. The molecule has 0 radical (unpaired) electrons. The molecule has 2 fully saturated rings. The standard InChI is InChI=1S/C25H30O13/c1-10-15(28)7-12-13(23(33)34)9-35-24(19(10)12)38-25-22(21(32)20(31)17(8-26)36-25)37-18(30)5-3-11-2-4-14(27)16(29)6-11/h2-6,9-10,12,15,17,19-22,24-29,31-32H,7-8H2,1H3,(H,33,34)/b5-3+/t10-,12+,15-,17+,19+,20+,21-,22+,24-,25-/m0/s1. The molecule has 10 atom stereocenters. The van der Waals surface area contributed by atoms with E-state index in [0.29, 0.717) is 5.56 Å². The van der Waals surface area contributed by atoms with Crippen LogP contribution in [0.2, 0.25) is 0 Å². The summed E-state index contributed by atoms with van der Waals surface area (Å²) in [6, 6.07) is 3.84. The fourth-order valence-corrected chi connectivity index (χ4v) is 5.08. The number of phenols is 2. The van der Waals surface area contributed by atoms with E-state index in [2.05, 4.69) is 0 Å². The van der Waals surface area contributed by atoms with Crippen molar-refractivity contribution < 1.29 is 64.3 Å². The summed E-state index contributed by atoms with van der Waals surface area (Å²) in [6.45, 7) is 1.01. The monoisotopic (exact) mass is 538 g/mol. The van der Waals surface area contributed by atoms with Gasteiger partial charge in [-0.3, -0.25) is 0 Å². The number of aliphatic hydroxyl groups is 4. The number of ether oxygens (including phenoxy) is 4. The molecule has 0 bridgehead atoms. The van der Waals surface area contributed by atoms with Gasteiger partial charge in [0.15, 0.2) is 17.6 Å². The molecular formula is C25H30O13. The molecule has 2 heterocycles. The molecule has 0 spiro atoms. The topological polar surface area (TPSA) is 213 Å². The second kappa shape index (κ2) is 11.3. The molecule has 1 saturated carbocycles. The highest BCUT2D eigenvalue weighted by molar-refractivity contribution is 5.87. The first-order valence-electron chi connectivity index (χ1n) is 12.0. The lowest BCUT2D eigenvalue weighted by molar-refractivity contribution is -0.343. The molecule has 13 heteroatoms. The molecule has 3 aliphatic rings. The zero-order valence-electron chi connectivity index (χ0n) is 20.2. The van der Waals surface area contributed by atoms with Crippen molar-refractivity contribution >= 4 is 18.0 Å². The summed E-state index contributed by atoms with van der Waals surface area (Å²) in [5.41, 5.74) is 0.321. The molecule has 1 saturated heterocycles. The lowest BCUT2D eigenvalue weighted by Gasteiger charge is -2.44. The maximum absolute atomic E-state index is 12.6. The van der Waals surface area contributed by atoms with Crippen molar-refractivity contribution in [1.82, 2.24) is 0 Å². The second-order valence-corrected chi connectivity index (χ2v) is 9.55. The summed E-state index contributed by atoms with van der Waals surface area (Å²) in [7, 11) is 0. The van der Waals surface area contributed by atoms with Gasteiger partial charge in [-0.1, -0.05) is 13.0 Å². The van der Waals surface area contributed by atoms with Gasteiger partial charge in [-0.05, 0) is 36.1 Å². The van der Waals surface area contributed by atoms with Crippen LogP contribution >= 0.6 is 0 Å². The number of aromatic hydroxyl groups is 2. The quantitative estimate of drug-likeness (QED) is 0.132. The Morgan fingerprint density at radius 1 is 1.11 bits per heavy atom. The van der Waals surface area contributed by atoms with Crippen molar-refractivity contribution in [1.29, 1.82) is 0 Å². The number of hydrogen-bond acceptors (Lipinski definition) is 12. The zero-order chi connectivity index (χ0) is 27.7. The van der Waals surface area contributed by atoms with Crippen LogP contribution in [0.15, 0.2) is 36.1 Å². The van der Waals surface area contributed by atoms with Gasteiger partial charge in [0.05, 0.1) is 24.5 Å². The number of carboxylic acids is 1. The van der Waals surface area contributed by atoms with E-state index in [9.17, 15) is 45.3 Å². The van der Waals surface area contributed by atoms with Gasteiger partial charge in [0.25, 0.3) is 0 Å². The number of carbonyl (C=O) groups excluding carboxylic acids is 1. The van der Waals surface area contributed by atoms with Crippen LogP contribution in [0.4, 0.5) is 0 Å². The first-order chi connectivity index (χ1) is 18.0. The van der Waals surface area contributed by atoms with Crippen LogP contribution in [0.25, 0.3) is 6.08 Å². The highest BCUT2D eigenvalue weighted by atomic mass is 16.8. The van der Waals surface area contributed by atoms with Crippen LogP contribution in [0.1, 0.15) is 18.9 Å². The lowest BCUT2D eigenvalue weighted by atomic mass is 9.83. The van der Waals surface area contributed by atoms with E-state index < -0.39 is 85.1 Å². The molecule has 2 aliphatic heterocycles. The number of benzene rings is 1. The van der Waals surface area contributed by atoms with E-state index in [1.807, 2.05) is 0 Å². The van der Waals surface area contributed by atoms with Crippen molar-refractivity contribution in [2.75, 3.05) is 6.61 Å². The molecule has 208 valence electrons. The summed E-state index contributed by atoms with van der Waals surface area (Å²) >= 11 is 0.